The highest BCUT2D eigenvalue weighted by Gasteiger charge is 2.39. The number of benzene rings is 1. The van der Waals surface area contributed by atoms with Crippen molar-refractivity contribution in [3.8, 4) is 0 Å². The maximum absolute atomic E-state index is 12.5. The van der Waals surface area contributed by atoms with Gasteiger partial charge in [-0.25, -0.2) is 0 Å². The molecule has 0 N–H and O–H groups in total. The first-order valence-corrected chi connectivity index (χ1v) is 8.24. The number of likely N-dealkylation sites (tertiary alicyclic amines) is 1. The number of hydrogen-bond donors (Lipinski definition) is 0. The van der Waals surface area contributed by atoms with Crippen LogP contribution >= 0.6 is 0 Å². The van der Waals surface area contributed by atoms with Gasteiger partial charge < -0.3 is 9.15 Å². The molecule has 3 rings (SSSR count). The van der Waals surface area contributed by atoms with Gasteiger partial charge in [-0.3, -0.25) is 9.69 Å². The first-order valence-electron chi connectivity index (χ1n) is 8.24. The van der Waals surface area contributed by atoms with E-state index in [1.165, 1.54) is 0 Å². The van der Waals surface area contributed by atoms with Crippen LogP contribution in [0.3, 0.4) is 0 Å². The van der Waals surface area contributed by atoms with Crippen LogP contribution in [-0.4, -0.2) is 40.7 Å². The van der Waals surface area contributed by atoms with E-state index < -0.39 is 12.1 Å². The van der Waals surface area contributed by atoms with Gasteiger partial charge in [-0.2, -0.15) is 13.2 Å². The summed E-state index contributed by atoms with van der Waals surface area (Å²) < 4.78 is 47.5. The minimum atomic E-state index is -4.63. The summed E-state index contributed by atoms with van der Waals surface area (Å²) in [5.74, 6) is -1.87. The van der Waals surface area contributed by atoms with Crippen molar-refractivity contribution >= 4 is 5.97 Å². The van der Waals surface area contributed by atoms with Crippen molar-refractivity contribution < 1.29 is 27.1 Å². The maximum atomic E-state index is 12.5. The van der Waals surface area contributed by atoms with Gasteiger partial charge >= 0.3 is 18.0 Å². The van der Waals surface area contributed by atoms with Crippen LogP contribution in [0.1, 0.15) is 36.1 Å². The number of hydrogen-bond acceptors (Lipinski definition) is 6. The Labute approximate surface area is 148 Å². The van der Waals surface area contributed by atoms with E-state index in [1.807, 2.05) is 35.2 Å². The fourth-order valence-corrected chi connectivity index (χ4v) is 2.82. The maximum Gasteiger partial charge on any atom is 0.470 e. The second-order valence-electron chi connectivity index (χ2n) is 6.14. The van der Waals surface area contributed by atoms with Crippen LogP contribution in [0.5, 0.6) is 0 Å². The molecule has 0 saturated carbocycles. The Kier molecular flexibility index (Phi) is 5.55. The van der Waals surface area contributed by atoms with Crippen LogP contribution in [0.2, 0.25) is 0 Å². The fourth-order valence-electron chi connectivity index (χ4n) is 2.82. The molecule has 0 amide bonds. The average molecular weight is 369 g/mol. The van der Waals surface area contributed by atoms with E-state index in [9.17, 15) is 18.0 Å². The Hall–Kier alpha value is -2.42. The van der Waals surface area contributed by atoms with Gasteiger partial charge in [-0.05, 0) is 31.5 Å². The number of ether oxygens (including phenoxy) is 1. The number of piperidine rings is 1. The molecular formula is C17H18F3N3O3. The summed E-state index contributed by atoms with van der Waals surface area (Å²) in [5, 5.41) is 6.56. The lowest BCUT2D eigenvalue weighted by Crippen LogP contribution is -2.37. The van der Waals surface area contributed by atoms with E-state index in [1.54, 1.807) is 0 Å². The highest BCUT2D eigenvalue weighted by atomic mass is 19.4. The van der Waals surface area contributed by atoms with Gasteiger partial charge in [0, 0.05) is 5.92 Å². The predicted molar refractivity (Wildman–Crippen MR) is 84.0 cm³/mol. The van der Waals surface area contributed by atoms with Crippen LogP contribution in [0.25, 0.3) is 0 Å². The van der Waals surface area contributed by atoms with E-state index in [0.29, 0.717) is 25.9 Å². The van der Waals surface area contributed by atoms with Crippen molar-refractivity contribution in [2.45, 2.75) is 31.5 Å². The summed E-state index contributed by atoms with van der Waals surface area (Å²) in [5.41, 5.74) is 0.913. The number of carbonyl (C=O) groups excluding carboxylic acids is 1. The zero-order valence-corrected chi connectivity index (χ0v) is 13.9. The van der Waals surface area contributed by atoms with Gasteiger partial charge in [0.2, 0.25) is 5.89 Å². The van der Waals surface area contributed by atoms with Gasteiger partial charge in [0.1, 0.15) is 6.61 Å². The molecule has 0 radical (unpaired) electrons. The lowest BCUT2D eigenvalue weighted by molar-refractivity contribution is -0.157. The first kappa shape index (κ1) is 18.4. The van der Waals surface area contributed by atoms with Gasteiger partial charge in [0.25, 0.3) is 0 Å². The van der Waals surface area contributed by atoms with Crippen molar-refractivity contribution in [3.63, 3.8) is 0 Å². The quantitative estimate of drug-likeness (QED) is 0.755. The standard InChI is InChI=1S/C17H18F3N3O3/c18-17(19,20)16-22-21-15(26-16)13-6-8-23(9-7-13)10-14(24)25-11-12-4-2-1-3-5-12/h1-5,13H,6-11H2. The molecule has 6 nitrogen and oxygen atoms in total. The number of aromatic nitrogens is 2. The summed E-state index contributed by atoms with van der Waals surface area (Å²) in [6.07, 6.45) is -3.54. The summed E-state index contributed by atoms with van der Waals surface area (Å²) in [6, 6.07) is 9.37. The third kappa shape index (κ3) is 4.81. The molecule has 0 spiro atoms. The van der Waals surface area contributed by atoms with Crippen LogP contribution in [-0.2, 0) is 22.3 Å². The van der Waals surface area contributed by atoms with E-state index in [0.717, 1.165) is 5.56 Å². The SMILES string of the molecule is O=C(CN1CCC(c2nnc(C(F)(F)F)o2)CC1)OCc1ccccc1. The highest BCUT2D eigenvalue weighted by Crippen LogP contribution is 2.32. The molecular weight excluding hydrogens is 351 g/mol. The molecule has 0 aliphatic carbocycles. The average Bonchev–Trinajstić information content (AvgIpc) is 3.12. The summed E-state index contributed by atoms with van der Waals surface area (Å²) in [4.78, 5) is 13.8. The van der Waals surface area contributed by atoms with E-state index in [4.69, 9.17) is 9.15 Å². The van der Waals surface area contributed by atoms with E-state index in [-0.39, 0.29) is 30.9 Å². The zero-order valence-electron chi connectivity index (χ0n) is 13.9. The van der Waals surface area contributed by atoms with Crippen molar-refractivity contribution in [3.05, 3.63) is 47.7 Å². The summed E-state index contributed by atoms with van der Waals surface area (Å²) in [7, 11) is 0. The lowest BCUT2D eigenvalue weighted by atomic mass is 9.97. The van der Waals surface area contributed by atoms with Gasteiger partial charge in [0.15, 0.2) is 0 Å². The third-order valence-electron chi connectivity index (χ3n) is 4.22. The predicted octanol–water partition coefficient (Wildman–Crippen LogP) is 3.01. The molecule has 1 aromatic heterocycles. The van der Waals surface area contributed by atoms with E-state index in [2.05, 4.69) is 10.2 Å². The minimum Gasteiger partial charge on any atom is -0.460 e. The van der Waals surface area contributed by atoms with Crippen LogP contribution < -0.4 is 0 Å². The molecule has 1 saturated heterocycles. The normalized spacial score (nSPS) is 16.6. The van der Waals surface area contributed by atoms with Gasteiger partial charge in [-0.15, -0.1) is 10.2 Å². The van der Waals surface area contributed by atoms with Crippen molar-refractivity contribution in [2.24, 2.45) is 0 Å². The van der Waals surface area contributed by atoms with Crippen LogP contribution in [0.15, 0.2) is 34.7 Å². The smallest absolute Gasteiger partial charge is 0.460 e. The van der Waals surface area contributed by atoms with Gasteiger partial charge in [0.05, 0.1) is 6.54 Å². The molecule has 0 bridgehead atoms. The molecule has 1 aliphatic heterocycles. The number of carbonyl (C=O) groups is 1. The molecule has 140 valence electrons. The second-order valence-corrected chi connectivity index (χ2v) is 6.14. The molecule has 1 aliphatic rings. The Bertz CT molecular complexity index is 726. The Morgan fingerprint density at radius 3 is 2.50 bits per heavy atom. The summed E-state index contributed by atoms with van der Waals surface area (Å²) in [6.45, 7) is 1.47. The second kappa shape index (κ2) is 7.86. The van der Waals surface area contributed by atoms with Crippen LogP contribution in [0, 0.1) is 0 Å². The molecule has 0 unspecified atom stereocenters. The third-order valence-corrected chi connectivity index (χ3v) is 4.22. The molecule has 1 fully saturated rings. The van der Waals surface area contributed by atoms with E-state index >= 15 is 0 Å². The number of alkyl halides is 3. The number of esters is 1. The highest BCUT2D eigenvalue weighted by molar-refractivity contribution is 5.71. The Morgan fingerprint density at radius 1 is 1.19 bits per heavy atom. The molecule has 0 atom stereocenters. The molecule has 1 aromatic carbocycles. The first-order chi connectivity index (χ1) is 12.4. The molecule has 2 heterocycles. The summed E-state index contributed by atoms with van der Waals surface area (Å²) >= 11 is 0. The lowest BCUT2D eigenvalue weighted by Gasteiger charge is -2.29. The van der Waals surface area contributed by atoms with Crippen LogP contribution in [0.4, 0.5) is 13.2 Å². The molecule has 26 heavy (non-hydrogen) atoms. The van der Waals surface area contributed by atoms with Crippen molar-refractivity contribution in [1.29, 1.82) is 0 Å². The number of rotatable bonds is 5. The topological polar surface area (TPSA) is 68.5 Å². The Balaban J connectivity index is 1.43. The van der Waals surface area contributed by atoms with Crippen molar-refractivity contribution in [1.82, 2.24) is 15.1 Å². The number of halogens is 3. The zero-order chi connectivity index (χ0) is 18.6. The number of nitrogens with zero attached hydrogens (tertiary/aromatic N) is 3. The van der Waals surface area contributed by atoms with Gasteiger partial charge in [-0.1, -0.05) is 30.3 Å². The molecule has 2 aromatic rings. The fraction of sp³-hybridized carbons (Fsp3) is 0.471. The largest absolute Gasteiger partial charge is 0.470 e. The minimum absolute atomic E-state index is 0.00336. The Morgan fingerprint density at radius 2 is 1.88 bits per heavy atom. The monoisotopic (exact) mass is 369 g/mol. The van der Waals surface area contributed by atoms with Crippen molar-refractivity contribution in [2.75, 3.05) is 19.6 Å². The molecule has 9 heteroatoms.